The Morgan fingerprint density at radius 2 is 1.70 bits per heavy atom. The molecule has 1 aliphatic rings. The Labute approximate surface area is 249 Å². The molecule has 3 heterocycles. The van der Waals surface area contributed by atoms with Crippen molar-refractivity contribution in [2.24, 2.45) is 5.41 Å². The van der Waals surface area contributed by atoms with Crippen molar-refractivity contribution < 1.29 is 19.4 Å². The molecule has 6 nitrogen and oxygen atoms in total. The van der Waals surface area contributed by atoms with Gasteiger partial charge in [0.1, 0.15) is 0 Å². The maximum absolute atomic E-state index is 12.2. The molecule has 40 heavy (non-hydrogen) atoms. The van der Waals surface area contributed by atoms with Crippen molar-refractivity contribution in [3.05, 3.63) is 96.1 Å². The Morgan fingerprint density at radius 3 is 2.27 bits per heavy atom. The predicted octanol–water partition coefficient (Wildman–Crippen LogP) is 7.21. The molecule has 0 atom stereocenters. The number of carboxylic acids is 1. The number of allylic oxidation sites excluding steroid dienone is 2. The number of nitrogens with zero attached hydrogens (tertiary/aromatic N) is 2. The van der Waals surface area contributed by atoms with E-state index in [-0.39, 0.29) is 4.75 Å². The zero-order valence-electron chi connectivity index (χ0n) is 24.1. The predicted molar refractivity (Wildman–Crippen MR) is 163 cm³/mol. The van der Waals surface area contributed by atoms with E-state index >= 15 is 0 Å². The number of carboxylic acid groups (broad SMARTS) is 1. The van der Waals surface area contributed by atoms with Gasteiger partial charge in [0, 0.05) is 0 Å². The first-order chi connectivity index (χ1) is 18.9. The van der Waals surface area contributed by atoms with Crippen molar-refractivity contribution in [2.45, 2.75) is 56.6 Å². The van der Waals surface area contributed by atoms with Gasteiger partial charge in [0.05, 0.1) is 0 Å². The summed E-state index contributed by atoms with van der Waals surface area (Å²) in [7, 11) is 1.61. The molecule has 0 saturated carbocycles. The van der Waals surface area contributed by atoms with Crippen LogP contribution in [-0.2, 0) is 20.3 Å². The molecule has 208 valence electrons. The molecule has 1 aromatic carbocycles. The van der Waals surface area contributed by atoms with Gasteiger partial charge in [0.25, 0.3) is 0 Å². The van der Waals surface area contributed by atoms with Gasteiger partial charge in [0.2, 0.25) is 0 Å². The first-order valence-corrected chi connectivity index (χ1v) is 19.9. The van der Waals surface area contributed by atoms with E-state index in [2.05, 4.69) is 61.1 Å². The molecule has 2 aromatic heterocycles. The number of aliphatic carboxylic acids is 1. The quantitative estimate of drug-likeness (QED) is 0.233. The van der Waals surface area contributed by atoms with E-state index in [1.54, 1.807) is 13.3 Å². The van der Waals surface area contributed by atoms with Crippen LogP contribution in [0.3, 0.4) is 0 Å². The molecule has 0 amide bonds. The molecule has 0 aliphatic carbocycles. The van der Waals surface area contributed by atoms with E-state index < -0.39 is 32.8 Å². The van der Waals surface area contributed by atoms with E-state index in [1.165, 1.54) is 13.8 Å². The van der Waals surface area contributed by atoms with Gasteiger partial charge in [-0.2, -0.15) is 0 Å². The average molecular weight is 661 g/mol. The number of ether oxygens (including phenoxy) is 2. The van der Waals surface area contributed by atoms with Gasteiger partial charge in [-0.15, -0.1) is 0 Å². The SMILES string of the molecule is COc1ccc(-c2ccc([CH2][In]3[C](OCc4ccccn4)=CC(SC(C)(C)C)=[C]3CC(C)(C)C(=O)O)cc2)cn1. The van der Waals surface area contributed by atoms with Crippen molar-refractivity contribution in [3.8, 4) is 17.0 Å². The first-order valence-electron chi connectivity index (χ1n) is 13.4. The minimum absolute atomic E-state index is 0.00858. The Kier molecular flexibility index (Phi) is 9.72. The number of hydrogen-bond donors (Lipinski definition) is 1. The third-order valence-electron chi connectivity index (χ3n) is 6.77. The summed E-state index contributed by atoms with van der Waals surface area (Å²) in [5.41, 5.74) is 3.39. The molecule has 3 aromatic rings. The van der Waals surface area contributed by atoms with Gasteiger partial charge in [-0.1, -0.05) is 0 Å². The standard InChI is InChI=1S/C19H25NO3S.C13H12NO.In/c1-18(2,3)24-16(9-11-19(4,5)17(21)22)10-13-23-14-15-8-6-7-12-20-15;1-10-3-5-11(6-4-10)12-7-8-13(15-2)14-9-12;/h6-8,10,12H,11,14H2,1-5H3,(H,21,22);3-9H,1H2,2H3;. The van der Waals surface area contributed by atoms with Crippen LogP contribution < -0.4 is 4.74 Å². The fourth-order valence-corrected chi connectivity index (χ4v) is 17.1. The number of pyridine rings is 2. The third kappa shape index (κ3) is 7.94. The van der Waals surface area contributed by atoms with Crippen LogP contribution in [0, 0.1) is 5.41 Å². The van der Waals surface area contributed by atoms with Gasteiger partial charge < -0.3 is 0 Å². The second-order valence-corrected chi connectivity index (χ2v) is 21.5. The van der Waals surface area contributed by atoms with E-state index in [0.29, 0.717) is 18.9 Å². The van der Waals surface area contributed by atoms with Crippen molar-refractivity contribution >= 4 is 39.2 Å². The van der Waals surface area contributed by atoms with Gasteiger partial charge >= 0.3 is 251 Å². The zero-order valence-corrected chi connectivity index (χ0v) is 28.2. The molecule has 0 bridgehead atoms. The third-order valence-corrected chi connectivity index (χ3v) is 17.9. The molecule has 0 spiro atoms. The van der Waals surface area contributed by atoms with Crippen LogP contribution in [0.4, 0.5) is 0 Å². The van der Waals surface area contributed by atoms with Crippen LogP contribution in [-0.4, -0.2) is 54.3 Å². The van der Waals surface area contributed by atoms with E-state index in [1.807, 2.05) is 62.1 Å². The molecule has 0 unspecified atom stereocenters. The molecule has 4 rings (SSSR count). The van der Waals surface area contributed by atoms with Crippen LogP contribution in [0.5, 0.6) is 5.88 Å². The Bertz CT molecular complexity index is 1380. The zero-order chi connectivity index (χ0) is 28.9. The van der Waals surface area contributed by atoms with Crippen LogP contribution in [0.2, 0.25) is 0 Å². The van der Waals surface area contributed by atoms with E-state index in [9.17, 15) is 9.90 Å². The molecule has 0 radical (unpaired) electrons. The van der Waals surface area contributed by atoms with Crippen molar-refractivity contribution in [1.29, 1.82) is 0 Å². The monoisotopic (exact) mass is 660 g/mol. The number of hydrogen-bond acceptors (Lipinski definition) is 6. The molecule has 0 saturated heterocycles. The summed E-state index contributed by atoms with van der Waals surface area (Å²) in [5, 5.41) is 10.0. The minimum atomic E-state index is -2.82. The number of benzene rings is 1. The maximum atomic E-state index is 12.2. The summed E-state index contributed by atoms with van der Waals surface area (Å²) in [5.74, 6) is -0.182. The van der Waals surface area contributed by atoms with E-state index in [4.69, 9.17) is 9.47 Å². The van der Waals surface area contributed by atoms with Crippen LogP contribution >= 0.6 is 11.8 Å². The van der Waals surface area contributed by atoms with Crippen LogP contribution in [0.1, 0.15) is 52.3 Å². The second-order valence-electron chi connectivity index (χ2n) is 11.7. The fourth-order valence-electron chi connectivity index (χ4n) is 4.60. The van der Waals surface area contributed by atoms with Crippen molar-refractivity contribution in [1.82, 2.24) is 9.97 Å². The summed E-state index contributed by atoms with van der Waals surface area (Å²) in [4.78, 5) is 22.2. The number of carbonyl (C=O) groups is 1. The molecule has 1 aliphatic heterocycles. The first kappa shape index (κ1) is 30.3. The summed E-state index contributed by atoms with van der Waals surface area (Å²) < 4.78 is 15.0. The number of methoxy groups -OCH3 is 1. The summed E-state index contributed by atoms with van der Waals surface area (Å²) in [6, 6.07) is 18.3. The number of aromatic nitrogens is 2. The normalized spacial score (nSPS) is 13.8. The molecule has 0 fully saturated rings. The van der Waals surface area contributed by atoms with Crippen LogP contribution in [0.25, 0.3) is 11.1 Å². The van der Waals surface area contributed by atoms with Gasteiger partial charge in [0.15, 0.2) is 0 Å². The van der Waals surface area contributed by atoms with Crippen molar-refractivity contribution in [2.75, 3.05) is 7.11 Å². The van der Waals surface area contributed by atoms with Crippen molar-refractivity contribution in [3.63, 3.8) is 0 Å². The Morgan fingerprint density at radius 1 is 0.975 bits per heavy atom. The molecule has 1 N–H and O–H groups in total. The van der Waals surface area contributed by atoms with Gasteiger partial charge in [-0.3, -0.25) is 0 Å². The van der Waals surface area contributed by atoms with Crippen LogP contribution in [0.15, 0.2) is 84.8 Å². The Hall–Kier alpha value is -2.71. The summed E-state index contributed by atoms with van der Waals surface area (Å²) in [6.07, 6.45) is 6.35. The Balaban J connectivity index is 1.65. The average Bonchev–Trinajstić information content (AvgIpc) is 3.21. The summed E-state index contributed by atoms with van der Waals surface area (Å²) >= 11 is -1.01. The number of rotatable bonds is 11. The molecular weight excluding hydrogens is 623 g/mol. The van der Waals surface area contributed by atoms with Gasteiger partial charge in [-0.25, -0.2) is 0 Å². The molecular formula is C32H37InN2O4S. The van der Waals surface area contributed by atoms with E-state index in [0.717, 1.165) is 24.5 Å². The summed E-state index contributed by atoms with van der Waals surface area (Å²) in [6.45, 7) is 10.7. The fraction of sp³-hybridized carbons (Fsp3) is 0.344. The van der Waals surface area contributed by atoms with Gasteiger partial charge in [-0.05, 0) is 0 Å². The molecule has 8 heteroatoms. The topological polar surface area (TPSA) is 81.5 Å². The second kappa shape index (κ2) is 12.9. The number of thioether (sulfide) groups is 1.